The number of amides is 1. The van der Waals surface area contributed by atoms with E-state index in [0.29, 0.717) is 23.6 Å². The van der Waals surface area contributed by atoms with Crippen LogP contribution >= 0.6 is 0 Å². The van der Waals surface area contributed by atoms with Gasteiger partial charge in [-0.15, -0.1) is 0 Å². The summed E-state index contributed by atoms with van der Waals surface area (Å²) >= 11 is 0. The van der Waals surface area contributed by atoms with Crippen molar-refractivity contribution in [2.75, 3.05) is 20.3 Å². The van der Waals surface area contributed by atoms with Crippen LogP contribution in [0.1, 0.15) is 34.8 Å². The zero-order valence-corrected chi connectivity index (χ0v) is 17.1. The van der Waals surface area contributed by atoms with Gasteiger partial charge in [-0.1, -0.05) is 12.1 Å². The van der Waals surface area contributed by atoms with E-state index in [2.05, 4.69) is 10.2 Å². The Kier molecular flexibility index (Phi) is 6.16. The molecule has 4 rings (SSSR count). The van der Waals surface area contributed by atoms with Crippen molar-refractivity contribution < 1.29 is 23.0 Å². The molecule has 1 fully saturated rings. The summed E-state index contributed by atoms with van der Waals surface area (Å²) in [7, 11) is 1.57. The van der Waals surface area contributed by atoms with Crippen molar-refractivity contribution in [2.45, 2.75) is 25.3 Å². The van der Waals surface area contributed by atoms with Crippen molar-refractivity contribution in [1.29, 1.82) is 0 Å². The number of carbonyl (C=O) groups excluding carboxylic acids is 1. The lowest BCUT2D eigenvalue weighted by atomic mass is 10.0. The van der Waals surface area contributed by atoms with Crippen molar-refractivity contribution in [3.63, 3.8) is 0 Å². The van der Waals surface area contributed by atoms with E-state index in [1.54, 1.807) is 49.8 Å². The molecule has 8 heteroatoms. The Hall–Kier alpha value is -3.42. The summed E-state index contributed by atoms with van der Waals surface area (Å²) in [4.78, 5) is 15.1. The van der Waals surface area contributed by atoms with E-state index in [9.17, 15) is 13.6 Å². The number of nitrogens with one attached hydrogen (secondary N) is 1. The molecule has 0 spiro atoms. The van der Waals surface area contributed by atoms with Crippen LogP contribution in [0.3, 0.4) is 0 Å². The van der Waals surface area contributed by atoms with Gasteiger partial charge in [0.25, 0.3) is 12.3 Å². The van der Waals surface area contributed by atoms with Gasteiger partial charge in [0.15, 0.2) is 0 Å². The number of alkyl halides is 2. The third-order valence-electron chi connectivity index (χ3n) is 5.39. The summed E-state index contributed by atoms with van der Waals surface area (Å²) in [6.07, 6.45) is 2.59. The number of methoxy groups -OCH3 is 1. The maximum Gasteiger partial charge on any atom is 0.272 e. The van der Waals surface area contributed by atoms with E-state index in [1.165, 1.54) is 0 Å². The van der Waals surface area contributed by atoms with E-state index >= 15 is 0 Å². The standard InChI is InChI=1S/C23H23F2N3O3/c1-30-21-11-16(7-8-19(21)17-12-26-27-13-17)23(29)28-9-3-6-20(28)15-4-2-5-18(10-15)31-14-22(24)25/h2,4-5,7-8,10-13,20,22H,3,6,9,14H2,1H3,(H,26,27). The second-order valence-electron chi connectivity index (χ2n) is 7.33. The van der Waals surface area contributed by atoms with Crippen LogP contribution in [0, 0.1) is 0 Å². The highest BCUT2D eigenvalue weighted by atomic mass is 19.3. The molecule has 1 aromatic heterocycles. The molecule has 3 aromatic rings. The van der Waals surface area contributed by atoms with Gasteiger partial charge in [-0.05, 0) is 48.7 Å². The highest BCUT2D eigenvalue weighted by Crippen LogP contribution is 2.36. The fourth-order valence-electron chi connectivity index (χ4n) is 3.95. The van der Waals surface area contributed by atoms with E-state index in [4.69, 9.17) is 9.47 Å². The molecule has 0 radical (unpaired) electrons. The van der Waals surface area contributed by atoms with Gasteiger partial charge in [0.05, 0.1) is 19.3 Å². The number of likely N-dealkylation sites (tertiary alicyclic amines) is 1. The Bertz CT molecular complexity index is 1040. The molecule has 1 aliphatic rings. The number of aromatic amines is 1. The SMILES string of the molecule is COc1cc(C(=O)N2CCCC2c2cccc(OCC(F)F)c2)ccc1-c1cn[nH]c1. The molecule has 1 atom stereocenters. The van der Waals surface area contributed by atoms with Gasteiger partial charge in [-0.25, -0.2) is 8.78 Å². The summed E-state index contributed by atoms with van der Waals surface area (Å²) in [5, 5.41) is 6.73. The van der Waals surface area contributed by atoms with Gasteiger partial charge < -0.3 is 14.4 Å². The number of hydrogen-bond acceptors (Lipinski definition) is 4. The largest absolute Gasteiger partial charge is 0.496 e. The zero-order chi connectivity index (χ0) is 21.8. The Balaban J connectivity index is 1.56. The number of rotatable bonds is 7. The van der Waals surface area contributed by atoms with Crippen LogP contribution in [0.25, 0.3) is 11.1 Å². The predicted octanol–water partition coefficient (Wildman–Crippen LogP) is 4.71. The maximum atomic E-state index is 13.3. The third kappa shape index (κ3) is 4.52. The normalized spacial score (nSPS) is 16.0. The van der Waals surface area contributed by atoms with Crippen LogP contribution in [0.4, 0.5) is 8.78 Å². The monoisotopic (exact) mass is 427 g/mol. The van der Waals surface area contributed by atoms with Gasteiger partial charge in [0.2, 0.25) is 0 Å². The first-order chi connectivity index (χ1) is 15.1. The minimum atomic E-state index is -2.53. The quantitative estimate of drug-likeness (QED) is 0.593. The Morgan fingerprint density at radius 3 is 2.90 bits per heavy atom. The number of hydrogen-bond donors (Lipinski definition) is 1. The van der Waals surface area contributed by atoms with Gasteiger partial charge in [0.1, 0.15) is 18.1 Å². The molecule has 2 aromatic carbocycles. The fourth-order valence-corrected chi connectivity index (χ4v) is 3.95. The molecule has 0 aliphatic carbocycles. The summed E-state index contributed by atoms with van der Waals surface area (Å²) < 4.78 is 35.6. The summed E-state index contributed by atoms with van der Waals surface area (Å²) in [6, 6.07) is 12.3. The van der Waals surface area contributed by atoms with E-state index in [1.807, 2.05) is 17.0 Å². The fraction of sp³-hybridized carbons (Fsp3) is 0.304. The number of benzene rings is 2. The molecule has 2 heterocycles. The zero-order valence-electron chi connectivity index (χ0n) is 17.1. The summed E-state index contributed by atoms with van der Waals surface area (Å²) in [6.45, 7) is -0.0308. The Morgan fingerprint density at radius 2 is 2.16 bits per heavy atom. The highest BCUT2D eigenvalue weighted by Gasteiger charge is 2.31. The molecule has 0 bridgehead atoms. The van der Waals surface area contributed by atoms with Crippen molar-refractivity contribution in [3.05, 3.63) is 66.0 Å². The van der Waals surface area contributed by atoms with Crippen LogP contribution in [0.2, 0.25) is 0 Å². The number of halogens is 2. The van der Waals surface area contributed by atoms with Crippen molar-refractivity contribution in [1.82, 2.24) is 15.1 Å². The van der Waals surface area contributed by atoms with Crippen molar-refractivity contribution in [3.8, 4) is 22.6 Å². The first-order valence-corrected chi connectivity index (χ1v) is 10.1. The molecule has 1 aliphatic heterocycles. The molecule has 31 heavy (non-hydrogen) atoms. The Morgan fingerprint density at radius 1 is 1.29 bits per heavy atom. The lowest BCUT2D eigenvalue weighted by Crippen LogP contribution is -2.30. The van der Waals surface area contributed by atoms with E-state index in [0.717, 1.165) is 29.5 Å². The van der Waals surface area contributed by atoms with Crippen molar-refractivity contribution >= 4 is 5.91 Å². The number of nitrogens with zero attached hydrogens (tertiary/aromatic N) is 2. The minimum Gasteiger partial charge on any atom is -0.496 e. The summed E-state index contributed by atoms with van der Waals surface area (Å²) in [5.41, 5.74) is 3.12. The van der Waals surface area contributed by atoms with Gasteiger partial charge in [0, 0.05) is 29.4 Å². The Labute approximate surface area is 178 Å². The molecule has 1 saturated heterocycles. The lowest BCUT2D eigenvalue weighted by Gasteiger charge is -2.26. The molecule has 6 nitrogen and oxygen atoms in total. The van der Waals surface area contributed by atoms with E-state index in [-0.39, 0.29) is 11.9 Å². The number of H-pyrrole nitrogens is 1. The van der Waals surface area contributed by atoms with Gasteiger partial charge in [-0.3, -0.25) is 9.89 Å². The van der Waals surface area contributed by atoms with Crippen LogP contribution in [0.5, 0.6) is 11.5 Å². The number of aromatic nitrogens is 2. The predicted molar refractivity (Wildman–Crippen MR) is 112 cm³/mol. The first kappa shape index (κ1) is 20.8. The van der Waals surface area contributed by atoms with E-state index < -0.39 is 13.0 Å². The van der Waals surface area contributed by atoms with Crippen LogP contribution in [-0.4, -0.2) is 47.7 Å². The highest BCUT2D eigenvalue weighted by molar-refractivity contribution is 5.96. The first-order valence-electron chi connectivity index (χ1n) is 10.1. The maximum absolute atomic E-state index is 13.3. The van der Waals surface area contributed by atoms with Crippen molar-refractivity contribution in [2.24, 2.45) is 0 Å². The second-order valence-corrected chi connectivity index (χ2v) is 7.33. The van der Waals surface area contributed by atoms with Gasteiger partial charge >= 0.3 is 0 Å². The molecule has 1 unspecified atom stereocenters. The topological polar surface area (TPSA) is 67.4 Å². The van der Waals surface area contributed by atoms with Gasteiger partial charge in [-0.2, -0.15) is 5.10 Å². The molecule has 1 amide bonds. The smallest absolute Gasteiger partial charge is 0.272 e. The van der Waals surface area contributed by atoms with Crippen LogP contribution < -0.4 is 9.47 Å². The number of carbonyl (C=O) groups is 1. The minimum absolute atomic E-state index is 0.0987. The van der Waals surface area contributed by atoms with Crippen LogP contribution in [0.15, 0.2) is 54.9 Å². The average Bonchev–Trinajstić information content (AvgIpc) is 3.49. The average molecular weight is 427 g/mol. The molecule has 0 saturated carbocycles. The molecule has 1 N–H and O–H groups in total. The third-order valence-corrected chi connectivity index (χ3v) is 5.39. The summed E-state index contributed by atoms with van der Waals surface area (Å²) in [5.74, 6) is 0.868. The molecular weight excluding hydrogens is 404 g/mol. The lowest BCUT2D eigenvalue weighted by molar-refractivity contribution is 0.0734. The van der Waals surface area contributed by atoms with Crippen LogP contribution in [-0.2, 0) is 0 Å². The molecule has 162 valence electrons. The second kappa shape index (κ2) is 9.16. The molecular formula is C23H23F2N3O3. The number of ether oxygens (including phenoxy) is 2.